The lowest BCUT2D eigenvalue weighted by Gasteiger charge is -2.30. The summed E-state index contributed by atoms with van der Waals surface area (Å²) in [4.78, 5) is 65.6. The fourth-order valence-corrected chi connectivity index (χ4v) is 7.16. The van der Waals surface area contributed by atoms with E-state index in [-0.39, 0.29) is 31.4 Å². The van der Waals surface area contributed by atoms with Crippen LogP contribution in [0.25, 0.3) is 11.2 Å². The van der Waals surface area contributed by atoms with Gasteiger partial charge in [-0.15, -0.1) is 0 Å². The van der Waals surface area contributed by atoms with E-state index >= 15 is 0 Å². The van der Waals surface area contributed by atoms with Crippen molar-refractivity contribution in [2.24, 2.45) is 5.92 Å². The van der Waals surface area contributed by atoms with E-state index in [9.17, 15) is 27.6 Å². The van der Waals surface area contributed by atoms with Crippen LogP contribution in [0.15, 0.2) is 30.5 Å². The standard InChI is InChI=1S/C34H50N8O8S/c1-21(2)42-25-16-13-17-35-27(25)37-31(42)49-23-18-26-28(43)38-34(30(45)39-51(47,48)40(6)7)19-22(34)14-11-9-8-10-12-15-24(29(44)41(26)20-23)36-32(46)50-33(3,4)5/h11,13-14,16-17,21-24,26H,8-10,12,15,18-20H2,1-7H3,(H,36,46)(H,38,43)(H,39,45)/b14-11-/t22-,23-,24+,26+,34-/m1/s1. The van der Waals surface area contributed by atoms with Gasteiger partial charge in [-0.05, 0) is 72.4 Å². The van der Waals surface area contributed by atoms with Gasteiger partial charge in [0.05, 0.1) is 12.1 Å². The SMILES string of the molecule is CC(C)n1c(O[C@@H]2C[C@H]3C(=O)N[C@]4(C(=O)NS(=O)(=O)N(C)C)C[C@H]4/C=C\CCCCC[C@H](NC(=O)OC(C)(C)C)C(=O)N3C2)nc2ncccc21. The highest BCUT2D eigenvalue weighted by Gasteiger charge is 2.61. The van der Waals surface area contributed by atoms with Gasteiger partial charge in [-0.2, -0.15) is 17.7 Å². The van der Waals surface area contributed by atoms with Crippen molar-refractivity contribution in [3.8, 4) is 6.01 Å². The van der Waals surface area contributed by atoms with Crippen LogP contribution in [-0.2, 0) is 29.3 Å². The number of carbonyl (C=O) groups excluding carboxylic acids is 4. The van der Waals surface area contributed by atoms with Crippen LogP contribution in [0, 0.1) is 5.92 Å². The minimum Gasteiger partial charge on any atom is -0.459 e. The predicted octanol–water partition coefficient (Wildman–Crippen LogP) is 2.57. The largest absolute Gasteiger partial charge is 0.459 e. The smallest absolute Gasteiger partial charge is 0.408 e. The summed E-state index contributed by atoms with van der Waals surface area (Å²) in [5, 5.41) is 5.57. The average molecular weight is 731 g/mol. The van der Waals surface area contributed by atoms with Crippen molar-refractivity contribution in [2.75, 3.05) is 20.6 Å². The minimum absolute atomic E-state index is 0.0182. The number of nitrogens with zero attached hydrogens (tertiary/aromatic N) is 5. The van der Waals surface area contributed by atoms with Gasteiger partial charge in [-0.3, -0.25) is 19.0 Å². The molecule has 0 spiro atoms. The van der Waals surface area contributed by atoms with Crippen LogP contribution in [0.3, 0.4) is 0 Å². The summed E-state index contributed by atoms with van der Waals surface area (Å²) in [6, 6.07) is 1.79. The van der Waals surface area contributed by atoms with Crippen LogP contribution in [0.2, 0.25) is 0 Å². The van der Waals surface area contributed by atoms with Crippen molar-refractivity contribution in [2.45, 2.75) is 115 Å². The van der Waals surface area contributed by atoms with Gasteiger partial charge in [0.15, 0.2) is 5.65 Å². The molecule has 0 bridgehead atoms. The molecule has 1 saturated heterocycles. The van der Waals surface area contributed by atoms with Crippen molar-refractivity contribution in [1.82, 2.24) is 39.1 Å². The number of rotatable bonds is 7. The second-order valence-electron chi connectivity index (χ2n) is 14.9. The fourth-order valence-electron chi connectivity index (χ4n) is 6.56. The molecule has 3 aliphatic rings. The van der Waals surface area contributed by atoms with Gasteiger partial charge < -0.3 is 25.0 Å². The highest BCUT2D eigenvalue weighted by molar-refractivity contribution is 7.87. The summed E-state index contributed by atoms with van der Waals surface area (Å²) in [5.41, 5.74) is -1.10. The minimum atomic E-state index is -4.16. The van der Waals surface area contributed by atoms with Gasteiger partial charge in [-0.1, -0.05) is 25.0 Å². The molecule has 0 aromatic carbocycles. The zero-order valence-corrected chi connectivity index (χ0v) is 31.2. The van der Waals surface area contributed by atoms with Gasteiger partial charge in [0, 0.05) is 38.7 Å². The zero-order chi connectivity index (χ0) is 37.3. The molecule has 0 unspecified atom stereocenters. The molecule has 4 amide bonds. The molecular weight excluding hydrogens is 680 g/mol. The number of imidazole rings is 1. The number of nitrogens with one attached hydrogen (secondary N) is 3. The topological polar surface area (TPSA) is 194 Å². The molecule has 17 heteroatoms. The summed E-state index contributed by atoms with van der Waals surface area (Å²) >= 11 is 0. The van der Waals surface area contributed by atoms with E-state index in [0.717, 1.165) is 22.7 Å². The van der Waals surface area contributed by atoms with Crippen molar-refractivity contribution in [3.63, 3.8) is 0 Å². The van der Waals surface area contributed by atoms with Crippen molar-refractivity contribution >= 4 is 45.2 Å². The Kier molecular flexibility index (Phi) is 11.0. The molecule has 4 heterocycles. The summed E-state index contributed by atoms with van der Waals surface area (Å²) in [7, 11) is -1.57. The Bertz CT molecular complexity index is 1790. The third kappa shape index (κ3) is 8.63. The van der Waals surface area contributed by atoms with Crippen LogP contribution < -0.4 is 20.1 Å². The van der Waals surface area contributed by atoms with E-state index in [1.165, 1.54) is 19.0 Å². The normalized spacial score (nSPS) is 26.8. The predicted molar refractivity (Wildman–Crippen MR) is 188 cm³/mol. The molecule has 5 atom stereocenters. The third-order valence-electron chi connectivity index (χ3n) is 9.26. The number of hydrogen-bond donors (Lipinski definition) is 3. The molecule has 1 aliphatic carbocycles. The first-order valence-corrected chi connectivity index (χ1v) is 18.9. The zero-order valence-electron chi connectivity index (χ0n) is 30.3. The summed E-state index contributed by atoms with van der Waals surface area (Å²) in [6.45, 7) is 9.11. The fraction of sp³-hybridized carbons (Fsp3) is 0.647. The highest BCUT2D eigenvalue weighted by atomic mass is 32.2. The first kappa shape index (κ1) is 38.0. The number of amides is 4. The van der Waals surface area contributed by atoms with Crippen molar-refractivity contribution in [1.29, 1.82) is 0 Å². The van der Waals surface area contributed by atoms with E-state index in [1.807, 2.05) is 36.6 Å². The number of carbonyl (C=O) groups is 4. The Labute approximate surface area is 298 Å². The van der Waals surface area contributed by atoms with Gasteiger partial charge >= 0.3 is 16.3 Å². The third-order valence-corrected chi connectivity index (χ3v) is 10.7. The Morgan fingerprint density at radius 3 is 2.59 bits per heavy atom. The maximum atomic E-state index is 14.4. The Hall–Kier alpha value is -4.25. The molecule has 2 aromatic heterocycles. The van der Waals surface area contributed by atoms with Crippen molar-refractivity contribution < 1.29 is 37.1 Å². The van der Waals surface area contributed by atoms with Crippen molar-refractivity contribution in [3.05, 3.63) is 30.5 Å². The number of ether oxygens (including phenoxy) is 2. The lowest BCUT2D eigenvalue weighted by molar-refractivity contribution is -0.141. The Balaban J connectivity index is 1.49. The maximum Gasteiger partial charge on any atom is 0.408 e. The number of allylic oxidation sites excluding steroid dienone is 1. The molecule has 1 saturated carbocycles. The van der Waals surface area contributed by atoms with Gasteiger partial charge in [0.25, 0.3) is 11.9 Å². The average Bonchev–Trinajstić information content (AvgIpc) is 3.36. The summed E-state index contributed by atoms with van der Waals surface area (Å²) in [6.07, 6.45) is 7.31. The lowest BCUT2D eigenvalue weighted by Crippen LogP contribution is -2.58. The number of pyridine rings is 1. The van der Waals surface area contributed by atoms with Gasteiger partial charge in [-0.25, -0.2) is 14.5 Å². The highest BCUT2D eigenvalue weighted by Crippen LogP contribution is 2.46. The molecule has 5 rings (SSSR count). The van der Waals surface area contributed by atoms with Crippen LogP contribution in [0.4, 0.5) is 4.79 Å². The number of fused-ring (bicyclic) bond motifs is 3. The van der Waals surface area contributed by atoms with E-state index < -0.39 is 69.3 Å². The van der Waals surface area contributed by atoms with E-state index in [0.29, 0.717) is 24.9 Å². The molecule has 16 nitrogen and oxygen atoms in total. The van der Waals surface area contributed by atoms with Gasteiger partial charge in [0.2, 0.25) is 11.8 Å². The van der Waals surface area contributed by atoms with Crippen LogP contribution >= 0.6 is 0 Å². The van der Waals surface area contributed by atoms with Crippen LogP contribution in [0.5, 0.6) is 6.01 Å². The second-order valence-corrected chi connectivity index (χ2v) is 16.8. The molecule has 2 aromatic rings. The van der Waals surface area contributed by atoms with E-state index in [4.69, 9.17) is 9.47 Å². The maximum absolute atomic E-state index is 14.4. The van der Waals surface area contributed by atoms with Crippen LogP contribution in [0.1, 0.15) is 85.6 Å². The molecule has 51 heavy (non-hydrogen) atoms. The molecule has 2 fully saturated rings. The molecule has 2 aliphatic heterocycles. The number of alkyl carbamates (subject to hydrolysis) is 1. The monoisotopic (exact) mass is 730 g/mol. The van der Waals surface area contributed by atoms with E-state index in [1.54, 1.807) is 33.0 Å². The lowest BCUT2D eigenvalue weighted by atomic mass is 10.0. The number of aromatic nitrogens is 3. The Morgan fingerprint density at radius 2 is 1.90 bits per heavy atom. The van der Waals surface area contributed by atoms with Gasteiger partial charge in [0.1, 0.15) is 29.3 Å². The summed E-state index contributed by atoms with van der Waals surface area (Å²) in [5.74, 6) is -2.47. The first-order valence-electron chi connectivity index (χ1n) is 17.4. The molecule has 3 N–H and O–H groups in total. The summed E-state index contributed by atoms with van der Waals surface area (Å²) < 4.78 is 42.1. The Morgan fingerprint density at radius 1 is 1.16 bits per heavy atom. The molecule has 280 valence electrons. The first-order chi connectivity index (χ1) is 23.9. The molecule has 0 radical (unpaired) electrons. The van der Waals surface area contributed by atoms with E-state index in [2.05, 4.69) is 25.3 Å². The quantitative estimate of drug-likeness (QED) is 0.357. The second kappa shape index (κ2) is 14.8. The number of hydrogen-bond acceptors (Lipinski definition) is 10. The molecular formula is C34H50N8O8S. The van der Waals surface area contributed by atoms with Crippen LogP contribution in [-0.4, -0.2) is 106 Å².